The van der Waals surface area contributed by atoms with Crippen LogP contribution in [0, 0.1) is 0 Å². The van der Waals surface area contributed by atoms with Gasteiger partial charge < -0.3 is 0 Å². The molecule has 0 fully saturated rings. The summed E-state index contributed by atoms with van der Waals surface area (Å²) in [6, 6.07) is 7.93. The second kappa shape index (κ2) is 3.01. The molecule has 2 nitrogen and oxygen atoms in total. The highest BCUT2D eigenvalue weighted by molar-refractivity contribution is 6.52. The molecule has 0 amide bonds. The minimum Gasteiger partial charge on any atom is -0.285 e. The Labute approximate surface area is 93.3 Å². The molecule has 0 spiro atoms. The normalized spacial score (nSPS) is 18.4. The lowest BCUT2D eigenvalue weighted by Gasteiger charge is -2.10. The molecular weight excluding hydrogens is 200 g/mol. The van der Waals surface area contributed by atoms with Crippen molar-refractivity contribution in [3.05, 3.63) is 52.6 Å². The van der Waals surface area contributed by atoms with E-state index in [1.807, 2.05) is 30.3 Å². The Balaban J connectivity index is 2.23. The van der Waals surface area contributed by atoms with Crippen LogP contribution < -0.4 is 0 Å². The molecule has 2 heteroatoms. The van der Waals surface area contributed by atoms with Crippen LogP contribution in [-0.2, 0) is 16.0 Å². The Morgan fingerprint density at radius 2 is 1.81 bits per heavy atom. The summed E-state index contributed by atoms with van der Waals surface area (Å²) in [5.41, 5.74) is 4.38. The Hall–Kier alpha value is -1.96. The molecule has 0 aliphatic heterocycles. The van der Waals surface area contributed by atoms with Crippen LogP contribution in [-0.4, -0.2) is 11.6 Å². The maximum absolute atomic E-state index is 11.8. The average Bonchev–Trinajstić information content (AvgIpc) is 2.65. The van der Waals surface area contributed by atoms with E-state index in [0.717, 1.165) is 16.7 Å². The number of hydrogen-bond acceptors (Lipinski definition) is 2. The molecule has 2 aliphatic carbocycles. The summed E-state index contributed by atoms with van der Waals surface area (Å²) in [6.07, 6.45) is 2.44. The summed E-state index contributed by atoms with van der Waals surface area (Å²) in [7, 11) is 0. The molecule has 1 aromatic carbocycles. The number of allylic oxidation sites excluding steroid dienone is 4. The van der Waals surface area contributed by atoms with Gasteiger partial charge in [-0.05, 0) is 29.7 Å². The molecule has 0 aromatic heterocycles. The number of carbonyl (C=O) groups is 2. The van der Waals surface area contributed by atoms with Gasteiger partial charge in [0, 0.05) is 17.6 Å². The lowest BCUT2D eigenvalue weighted by Crippen LogP contribution is -2.20. The van der Waals surface area contributed by atoms with Crippen molar-refractivity contribution in [2.24, 2.45) is 0 Å². The van der Waals surface area contributed by atoms with Crippen molar-refractivity contribution in [2.45, 2.75) is 13.3 Å². The largest absolute Gasteiger partial charge is 0.285 e. The molecule has 0 saturated carbocycles. The first kappa shape index (κ1) is 9.28. The Bertz CT molecular complexity index is 589. The van der Waals surface area contributed by atoms with Gasteiger partial charge in [-0.2, -0.15) is 0 Å². The number of rotatable bonds is 0. The van der Waals surface area contributed by atoms with Crippen LogP contribution in [0.4, 0.5) is 0 Å². The van der Waals surface area contributed by atoms with E-state index < -0.39 is 0 Å². The highest BCUT2D eigenvalue weighted by Gasteiger charge is 2.32. The van der Waals surface area contributed by atoms with E-state index >= 15 is 0 Å². The van der Waals surface area contributed by atoms with Crippen molar-refractivity contribution in [2.75, 3.05) is 0 Å². The third-order valence-corrected chi connectivity index (χ3v) is 3.20. The predicted octanol–water partition coefficient (Wildman–Crippen LogP) is 2.09. The van der Waals surface area contributed by atoms with Gasteiger partial charge in [-0.25, -0.2) is 0 Å². The van der Waals surface area contributed by atoms with Crippen LogP contribution in [0.2, 0.25) is 0 Å². The molecule has 16 heavy (non-hydrogen) atoms. The molecule has 0 radical (unpaired) electrons. The second-order valence-corrected chi connectivity index (χ2v) is 4.21. The summed E-state index contributed by atoms with van der Waals surface area (Å²) in [5.74, 6) is -0.683. The fourth-order valence-corrected chi connectivity index (χ4v) is 2.35. The van der Waals surface area contributed by atoms with Gasteiger partial charge in [0.25, 0.3) is 0 Å². The van der Waals surface area contributed by atoms with Crippen LogP contribution in [0.15, 0.2) is 41.5 Å². The summed E-state index contributed by atoms with van der Waals surface area (Å²) in [6.45, 7) is 1.70. The Morgan fingerprint density at radius 3 is 2.62 bits per heavy atom. The van der Waals surface area contributed by atoms with E-state index in [1.54, 1.807) is 6.92 Å². The van der Waals surface area contributed by atoms with E-state index in [-0.39, 0.29) is 11.6 Å². The Morgan fingerprint density at radius 1 is 1.06 bits per heavy atom. The lowest BCUT2D eigenvalue weighted by atomic mass is 9.91. The van der Waals surface area contributed by atoms with Crippen LogP contribution in [0.3, 0.4) is 0 Å². The highest BCUT2D eigenvalue weighted by Crippen LogP contribution is 2.37. The van der Waals surface area contributed by atoms with Gasteiger partial charge in [0.2, 0.25) is 11.6 Å². The third-order valence-electron chi connectivity index (χ3n) is 3.20. The monoisotopic (exact) mass is 210 g/mol. The zero-order chi connectivity index (χ0) is 11.3. The second-order valence-electron chi connectivity index (χ2n) is 4.21. The van der Waals surface area contributed by atoms with Crippen molar-refractivity contribution >= 4 is 17.1 Å². The molecular formula is C14H10O2. The minimum absolute atomic E-state index is 0.328. The molecule has 3 rings (SSSR count). The molecule has 78 valence electrons. The van der Waals surface area contributed by atoms with Gasteiger partial charge in [0.05, 0.1) is 0 Å². The number of benzene rings is 1. The van der Waals surface area contributed by atoms with Gasteiger partial charge in [-0.15, -0.1) is 0 Å². The van der Waals surface area contributed by atoms with Crippen molar-refractivity contribution in [1.82, 2.24) is 0 Å². The molecule has 0 saturated heterocycles. The zero-order valence-corrected chi connectivity index (χ0v) is 8.91. The fourth-order valence-electron chi connectivity index (χ4n) is 2.35. The minimum atomic E-state index is -0.355. The molecule has 1 aromatic rings. The van der Waals surface area contributed by atoms with Crippen LogP contribution in [0.5, 0.6) is 0 Å². The summed E-state index contributed by atoms with van der Waals surface area (Å²) in [4.78, 5) is 23.4. The van der Waals surface area contributed by atoms with Crippen molar-refractivity contribution in [3.8, 4) is 0 Å². The topological polar surface area (TPSA) is 34.1 Å². The molecule has 0 atom stereocenters. The molecule has 0 bridgehead atoms. The summed E-state index contributed by atoms with van der Waals surface area (Å²) >= 11 is 0. The van der Waals surface area contributed by atoms with E-state index in [9.17, 15) is 9.59 Å². The van der Waals surface area contributed by atoms with Crippen molar-refractivity contribution in [3.63, 3.8) is 0 Å². The van der Waals surface area contributed by atoms with Gasteiger partial charge in [-0.3, -0.25) is 9.59 Å². The lowest BCUT2D eigenvalue weighted by molar-refractivity contribution is -0.132. The average molecular weight is 210 g/mol. The number of fused-ring (bicyclic) bond motifs is 2. The standard InChI is InChI=1S/C14H10O2/c1-8-6-11-10-5-3-2-4-9(10)7-12(11)14(16)13(8)15/h2-6H,7H2,1H3. The first-order valence-electron chi connectivity index (χ1n) is 5.27. The maximum Gasteiger partial charge on any atom is 0.230 e. The number of hydrogen-bond donors (Lipinski definition) is 0. The number of carbonyl (C=O) groups excluding carboxylic acids is 2. The van der Waals surface area contributed by atoms with Gasteiger partial charge in [-0.1, -0.05) is 24.3 Å². The van der Waals surface area contributed by atoms with Crippen LogP contribution >= 0.6 is 0 Å². The van der Waals surface area contributed by atoms with Crippen molar-refractivity contribution < 1.29 is 9.59 Å². The number of Topliss-reactive ketones (excluding diaryl/α,β-unsaturated/α-hetero) is 2. The van der Waals surface area contributed by atoms with Crippen LogP contribution in [0.25, 0.3) is 5.57 Å². The highest BCUT2D eigenvalue weighted by atomic mass is 16.2. The van der Waals surface area contributed by atoms with E-state index in [2.05, 4.69) is 0 Å². The van der Waals surface area contributed by atoms with Gasteiger partial charge in [0.15, 0.2) is 0 Å². The quantitative estimate of drug-likeness (QED) is 0.485. The maximum atomic E-state index is 11.8. The number of ketones is 2. The SMILES string of the molecule is CC1=CC2=C(Cc3ccccc32)C(=O)C1=O. The smallest absolute Gasteiger partial charge is 0.230 e. The summed E-state index contributed by atoms with van der Waals surface area (Å²) < 4.78 is 0. The first-order chi connectivity index (χ1) is 7.68. The van der Waals surface area contributed by atoms with Gasteiger partial charge >= 0.3 is 0 Å². The molecule has 0 N–H and O–H groups in total. The molecule has 0 heterocycles. The predicted molar refractivity (Wildman–Crippen MR) is 60.8 cm³/mol. The van der Waals surface area contributed by atoms with Crippen molar-refractivity contribution in [1.29, 1.82) is 0 Å². The van der Waals surface area contributed by atoms with Gasteiger partial charge in [0.1, 0.15) is 0 Å². The molecule has 2 aliphatic rings. The van der Waals surface area contributed by atoms with Crippen LogP contribution in [0.1, 0.15) is 18.1 Å². The Kier molecular flexibility index (Phi) is 1.75. The zero-order valence-electron chi connectivity index (χ0n) is 8.91. The third kappa shape index (κ3) is 1.07. The molecule has 0 unspecified atom stereocenters. The fraction of sp³-hybridized carbons (Fsp3) is 0.143. The van der Waals surface area contributed by atoms with E-state index in [0.29, 0.717) is 17.6 Å². The van der Waals surface area contributed by atoms with E-state index in [1.165, 1.54) is 0 Å². The van der Waals surface area contributed by atoms with E-state index in [4.69, 9.17) is 0 Å². The first-order valence-corrected chi connectivity index (χ1v) is 5.27. The summed E-state index contributed by atoms with van der Waals surface area (Å²) in [5, 5.41) is 0.